The second-order valence-electron chi connectivity index (χ2n) is 6.14. The molecule has 3 aliphatic rings. The van der Waals surface area contributed by atoms with E-state index in [9.17, 15) is 9.59 Å². The number of carbonyl (C=O) groups excluding carboxylic acids is 2. The Bertz CT molecular complexity index is 646. The third-order valence-corrected chi connectivity index (χ3v) is 8.74. The van der Waals surface area contributed by atoms with E-state index in [1.807, 2.05) is 0 Å². The Morgan fingerprint density at radius 2 is 1.36 bits per heavy atom. The number of hydrogen-bond acceptors (Lipinski definition) is 2. The predicted molar refractivity (Wildman–Crippen MR) is 93.0 cm³/mol. The molecule has 0 aromatic heterocycles. The summed E-state index contributed by atoms with van der Waals surface area (Å²) in [5.41, 5.74) is 0.471. The molecule has 0 spiro atoms. The number of fused-ring (bicyclic) bond motifs is 5. The van der Waals surface area contributed by atoms with Crippen LogP contribution in [0.3, 0.4) is 0 Å². The summed E-state index contributed by atoms with van der Waals surface area (Å²) in [6.07, 6.45) is 0.919. The number of imide groups is 1. The summed E-state index contributed by atoms with van der Waals surface area (Å²) < 4.78 is 0. The first-order valence-corrected chi connectivity index (χ1v) is 9.61. The molecular weight excluding hydrogens is 457 g/mol. The maximum Gasteiger partial charge on any atom is 0.238 e. The third-order valence-electron chi connectivity index (χ3n) is 5.09. The largest absolute Gasteiger partial charge is 0.274 e. The van der Waals surface area contributed by atoms with Crippen molar-refractivity contribution in [3.8, 4) is 0 Å². The Kier molecular flexibility index (Phi) is 3.65. The lowest BCUT2D eigenvalue weighted by molar-refractivity contribution is -0.123. The molecule has 116 valence electrons. The molecule has 1 saturated heterocycles. The van der Waals surface area contributed by atoms with Crippen LogP contribution in [0.2, 0.25) is 10.0 Å². The van der Waals surface area contributed by atoms with E-state index in [0.717, 1.165) is 6.42 Å². The Balaban J connectivity index is 1.76. The highest BCUT2D eigenvalue weighted by Gasteiger charge is 2.66. The molecule has 2 bridgehead atoms. The molecule has 0 N–H and O–H groups in total. The normalized spacial score (nSPS) is 39.7. The van der Waals surface area contributed by atoms with Gasteiger partial charge in [0.05, 0.1) is 17.5 Å². The quantitative estimate of drug-likeness (QED) is 0.457. The Morgan fingerprint density at radius 1 is 0.909 bits per heavy atom. The zero-order chi connectivity index (χ0) is 15.8. The molecule has 1 aliphatic heterocycles. The number of rotatable bonds is 1. The zero-order valence-corrected chi connectivity index (χ0v) is 15.9. The van der Waals surface area contributed by atoms with Crippen LogP contribution in [0.1, 0.15) is 6.42 Å². The summed E-state index contributed by atoms with van der Waals surface area (Å²) in [6, 6.07) is 4.82. The van der Waals surface area contributed by atoms with E-state index in [1.54, 1.807) is 18.2 Å². The first kappa shape index (κ1) is 15.4. The first-order valence-electron chi connectivity index (χ1n) is 7.02. The van der Waals surface area contributed by atoms with Crippen molar-refractivity contribution in [1.82, 2.24) is 0 Å². The van der Waals surface area contributed by atoms with Crippen molar-refractivity contribution in [3.63, 3.8) is 0 Å². The Hall–Kier alpha value is -0.100. The zero-order valence-electron chi connectivity index (χ0n) is 11.2. The molecule has 2 saturated carbocycles. The standard InChI is InChI=1S/C15H11Br2Cl2NO2/c16-12-8-4-9(13(12)17)11-10(8)14(21)20(15(11)22)7-2-5(18)1-6(19)3-7/h1-3,8-13H,4H2/t8-,9-,10-,11-,12-,13+/m1/s1. The molecule has 3 fully saturated rings. The number of nitrogens with zero attached hydrogens (tertiary/aromatic N) is 1. The van der Waals surface area contributed by atoms with Crippen LogP contribution in [0.15, 0.2) is 18.2 Å². The molecule has 0 unspecified atom stereocenters. The fourth-order valence-corrected chi connectivity index (χ4v) is 6.66. The van der Waals surface area contributed by atoms with E-state index < -0.39 is 0 Å². The topological polar surface area (TPSA) is 37.4 Å². The summed E-state index contributed by atoms with van der Waals surface area (Å²) in [7, 11) is 0. The van der Waals surface area contributed by atoms with Gasteiger partial charge in [-0.1, -0.05) is 55.1 Å². The van der Waals surface area contributed by atoms with Crippen molar-refractivity contribution in [2.24, 2.45) is 23.7 Å². The second kappa shape index (κ2) is 5.20. The number of amides is 2. The minimum absolute atomic E-state index is 0.121. The van der Waals surface area contributed by atoms with Crippen LogP contribution < -0.4 is 4.90 Å². The van der Waals surface area contributed by atoms with Gasteiger partial charge in [-0.15, -0.1) is 0 Å². The average molecular weight is 468 g/mol. The van der Waals surface area contributed by atoms with E-state index in [-0.39, 0.29) is 45.1 Å². The summed E-state index contributed by atoms with van der Waals surface area (Å²) in [6.45, 7) is 0. The fourth-order valence-electron chi connectivity index (χ4n) is 4.27. The van der Waals surface area contributed by atoms with Crippen molar-refractivity contribution < 1.29 is 9.59 Å². The number of alkyl halides is 2. The van der Waals surface area contributed by atoms with Crippen LogP contribution in [0, 0.1) is 23.7 Å². The van der Waals surface area contributed by atoms with Gasteiger partial charge in [-0.2, -0.15) is 0 Å². The maximum absolute atomic E-state index is 12.8. The van der Waals surface area contributed by atoms with Crippen LogP contribution in [-0.2, 0) is 9.59 Å². The molecule has 0 radical (unpaired) electrons. The van der Waals surface area contributed by atoms with E-state index in [2.05, 4.69) is 31.9 Å². The van der Waals surface area contributed by atoms with Crippen LogP contribution >= 0.6 is 55.1 Å². The summed E-state index contributed by atoms with van der Waals surface area (Å²) >= 11 is 19.4. The molecule has 4 rings (SSSR count). The fraction of sp³-hybridized carbons (Fsp3) is 0.467. The van der Waals surface area contributed by atoms with Gasteiger partial charge in [-0.3, -0.25) is 9.59 Å². The monoisotopic (exact) mass is 465 g/mol. The molecule has 7 heteroatoms. The molecule has 22 heavy (non-hydrogen) atoms. The number of hydrogen-bond donors (Lipinski definition) is 0. The molecule has 1 aromatic rings. The lowest BCUT2D eigenvalue weighted by Crippen LogP contribution is -2.37. The molecule has 1 aromatic carbocycles. The summed E-state index contributed by atoms with van der Waals surface area (Å²) in [4.78, 5) is 27.4. The van der Waals surface area contributed by atoms with Crippen molar-refractivity contribution in [3.05, 3.63) is 28.2 Å². The van der Waals surface area contributed by atoms with E-state index in [1.165, 1.54) is 4.90 Å². The van der Waals surface area contributed by atoms with Gasteiger partial charge in [-0.05, 0) is 36.5 Å². The van der Waals surface area contributed by atoms with Crippen LogP contribution in [-0.4, -0.2) is 21.5 Å². The smallest absolute Gasteiger partial charge is 0.238 e. The second-order valence-corrected chi connectivity index (χ2v) is 9.13. The Labute approximate surface area is 154 Å². The Morgan fingerprint density at radius 3 is 1.82 bits per heavy atom. The van der Waals surface area contributed by atoms with Gasteiger partial charge >= 0.3 is 0 Å². The third kappa shape index (κ3) is 1.98. The van der Waals surface area contributed by atoms with Crippen molar-refractivity contribution in [1.29, 1.82) is 0 Å². The lowest BCUT2D eigenvalue weighted by Gasteiger charge is -2.28. The van der Waals surface area contributed by atoms with Gasteiger partial charge in [-0.25, -0.2) is 4.90 Å². The van der Waals surface area contributed by atoms with Crippen LogP contribution in [0.5, 0.6) is 0 Å². The average Bonchev–Trinajstić information content (AvgIpc) is 3.03. The van der Waals surface area contributed by atoms with Gasteiger partial charge in [0.15, 0.2) is 0 Å². The van der Waals surface area contributed by atoms with Gasteiger partial charge < -0.3 is 0 Å². The molecule has 6 atom stereocenters. The van der Waals surface area contributed by atoms with Gasteiger partial charge in [0.2, 0.25) is 11.8 Å². The van der Waals surface area contributed by atoms with Crippen molar-refractivity contribution in [2.45, 2.75) is 16.1 Å². The molecule has 2 amide bonds. The van der Waals surface area contributed by atoms with E-state index in [0.29, 0.717) is 15.7 Å². The highest BCUT2D eigenvalue weighted by atomic mass is 79.9. The van der Waals surface area contributed by atoms with Crippen molar-refractivity contribution >= 4 is 72.6 Å². The number of halogens is 4. The highest BCUT2D eigenvalue weighted by molar-refractivity contribution is 9.12. The molecule has 2 aliphatic carbocycles. The van der Waals surface area contributed by atoms with Gasteiger partial charge in [0.1, 0.15) is 0 Å². The van der Waals surface area contributed by atoms with E-state index >= 15 is 0 Å². The molecular formula is C15H11Br2Cl2NO2. The minimum atomic E-state index is -0.228. The number of carbonyl (C=O) groups is 2. The minimum Gasteiger partial charge on any atom is -0.274 e. The summed E-state index contributed by atoms with van der Waals surface area (Å²) in [5.74, 6) is -0.290. The number of anilines is 1. The maximum atomic E-state index is 12.8. The van der Waals surface area contributed by atoms with Gasteiger partial charge in [0.25, 0.3) is 0 Å². The van der Waals surface area contributed by atoms with E-state index in [4.69, 9.17) is 23.2 Å². The number of benzene rings is 1. The van der Waals surface area contributed by atoms with Gasteiger partial charge in [0, 0.05) is 19.7 Å². The predicted octanol–water partition coefficient (Wildman–Crippen LogP) is 4.28. The SMILES string of the molecule is O=C1[C@@H]2[C@H]3C[C@@H]([C@@H](Br)[C@H]3Br)[C@H]2C(=O)N1c1cc(Cl)cc(Cl)c1. The van der Waals surface area contributed by atoms with Crippen LogP contribution in [0.4, 0.5) is 5.69 Å². The molecule has 3 nitrogen and oxygen atoms in total. The molecule has 1 heterocycles. The first-order chi connectivity index (χ1) is 10.4. The van der Waals surface area contributed by atoms with Crippen molar-refractivity contribution in [2.75, 3.05) is 4.90 Å². The van der Waals surface area contributed by atoms with Crippen LogP contribution in [0.25, 0.3) is 0 Å². The summed E-state index contributed by atoms with van der Waals surface area (Å²) in [5, 5.41) is 0.833. The lowest BCUT2D eigenvalue weighted by atomic mass is 9.81. The highest BCUT2D eigenvalue weighted by Crippen LogP contribution is 2.60.